The maximum atomic E-state index is 13.2. The third-order valence-electron chi connectivity index (χ3n) is 6.28. The predicted octanol–water partition coefficient (Wildman–Crippen LogP) is 4.08. The summed E-state index contributed by atoms with van der Waals surface area (Å²) in [6.07, 6.45) is -1.40. The van der Waals surface area contributed by atoms with Gasteiger partial charge in [0.15, 0.2) is 12.1 Å². The summed E-state index contributed by atoms with van der Waals surface area (Å²) < 4.78 is 16.0. The van der Waals surface area contributed by atoms with Crippen LogP contribution in [0, 0.1) is 6.92 Å². The fourth-order valence-corrected chi connectivity index (χ4v) is 4.27. The van der Waals surface area contributed by atoms with E-state index in [9.17, 15) is 14.4 Å². The van der Waals surface area contributed by atoms with Gasteiger partial charge in [0, 0.05) is 19.3 Å². The average molecular weight is 518 g/mol. The Labute approximate surface area is 221 Å². The molecule has 38 heavy (non-hydrogen) atoms. The van der Waals surface area contributed by atoms with Crippen molar-refractivity contribution in [3.05, 3.63) is 95.1 Å². The number of amides is 3. The normalized spacial score (nSPS) is 16.6. The fraction of sp³-hybridized carbons (Fsp3) is 0.276. The lowest BCUT2D eigenvalue weighted by Crippen LogP contribution is -2.47. The van der Waals surface area contributed by atoms with Gasteiger partial charge in [0.2, 0.25) is 5.91 Å². The largest absolute Gasteiger partial charge is 0.496 e. The molecule has 0 saturated carbocycles. The zero-order chi connectivity index (χ0) is 27.1. The summed E-state index contributed by atoms with van der Waals surface area (Å²) in [5.74, 6) is -0.184. The first-order chi connectivity index (χ1) is 18.4. The van der Waals surface area contributed by atoms with Gasteiger partial charge in [0.1, 0.15) is 5.75 Å². The Kier molecular flexibility index (Phi) is 8.60. The summed E-state index contributed by atoms with van der Waals surface area (Å²) in [7, 11) is 3.06. The van der Waals surface area contributed by atoms with Gasteiger partial charge in [-0.05, 0) is 42.3 Å². The topological polar surface area (TPSA) is 106 Å². The Bertz CT molecular complexity index is 1280. The Morgan fingerprint density at radius 2 is 1.68 bits per heavy atom. The Morgan fingerprint density at radius 1 is 0.974 bits per heavy atom. The van der Waals surface area contributed by atoms with Crippen LogP contribution in [0.5, 0.6) is 5.75 Å². The van der Waals surface area contributed by atoms with Crippen molar-refractivity contribution in [3.8, 4) is 5.75 Å². The minimum absolute atomic E-state index is 0.227. The van der Waals surface area contributed by atoms with Gasteiger partial charge in [0.25, 0.3) is 5.91 Å². The SMILES string of the molecule is COCCNC(=O)C1C(c2ccc(NC(=O)c3ccccc3OC)cc2)OC(=O)N1Cc1ccc(C)cc1. The first-order valence-electron chi connectivity index (χ1n) is 12.2. The van der Waals surface area contributed by atoms with E-state index >= 15 is 0 Å². The third-order valence-corrected chi connectivity index (χ3v) is 6.28. The number of carbonyl (C=O) groups is 3. The van der Waals surface area contributed by atoms with Crippen LogP contribution in [0.1, 0.15) is 33.2 Å². The maximum absolute atomic E-state index is 13.2. The van der Waals surface area contributed by atoms with Gasteiger partial charge in [-0.3, -0.25) is 14.5 Å². The molecule has 0 aliphatic carbocycles. The van der Waals surface area contributed by atoms with Crippen molar-refractivity contribution >= 4 is 23.6 Å². The lowest BCUT2D eigenvalue weighted by Gasteiger charge is -2.24. The molecule has 0 spiro atoms. The zero-order valence-corrected chi connectivity index (χ0v) is 21.6. The van der Waals surface area contributed by atoms with Crippen LogP contribution in [0.15, 0.2) is 72.8 Å². The highest BCUT2D eigenvalue weighted by atomic mass is 16.6. The number of benzene rings is 3. The Morgan fingerprint density at radius 3 is 2.37 bits per heavy atom. The molecule has 3 aromatic rings. The average Bonchev–Trinajstić information content (AvgIpc) is 3.26. The van der Waals surface area contributed by atoms with Gasteiger partial charge in [-0.2, -0.15) is 0 Å². The van der Waals surface area contributed by atoms with Crippen molar-refractivity contribution in [3.63, 3.8) is 0 Å². The number of nitrogens with zero attached hydrogens (tertiary/aromatic N) is 1. The number of hydrogen-bond acceptors (Lipinski definition) is 6. The molecule has 0 bridgehead atoms. The molecule has 1 saturated heterocycles. The number of nitrogens with one attached hydrogen (secondary N) is 2. The highest BCUT2D eigenvalue weighted by Gasteiger charge is 2.46. The standard InChI is InChI=1S/C29H31N3O6/c1-19-8-10-20(11-9-19)18-32-25(28(34)30-16-17-36-2)26(38-29(32)35)21-12-14-22(15-13-21)31-27(33)23-6-4-5-7-24(23)37-3/h4-15,25-26H,16-18H2,1-3H3,(H,30,34)(H,31,33). The smallest absolute Gasteiger partial charge is 0.411 e. The van der Waals surface area contributed by atoms with Crippen molar-refractivity contribution in [2.45, 2.75) is 25.6 Å². The van der Waals surface area contributed by atoms with E-state index in [1.165, 1.54) is 12.0 Å². The summed E-state index contributed by atoms with van der Waals surface area (Å²) in [4.78, 5) is 40.3. The molecule has 3 amide bonds. The van der Waals surface area contributed by atoms with Crippen molar-refractivity contribution in [2.75, 3.05) is 32.7 Å². The molecule has 2 atom stereocenters. The van der Waals surface area contributed by atoms with Crippen molar-refractivity contribution in [1.29, 1.82) is 0 Å². The van der Waals surface area contributed by atoms with E-state index in [1.54, 1.807) is 55.6 Å². The predicted molar refractivity (Wildman–Crippen MR) is 142 cm³/mol. The molecule has 0 aromatic heterocycles. The van der Waals surface area contributed by atoms with Crippen LogP contribution in [0.2, 0.25) is 0 Å². The molecular weight excluding hydrogens is 486 g/mol. The monoisotopic (exact) mass is 517 g/mol. The van der Waals surface area contributed by atoms with E-state index in [0.717, 1.165) is 11.1 Å². The number of ether oxygens (including phenoxy) is 3. The second-order valence-electron chi connectivity index (χ2n) is 8.92. The van der Waals surface area contributed by atoms with Gasteiger partial charge in [0.05, 0.1) is 25.8 Å². The van der Waals surface area contributed by atoms with Crippen LogP contribution in [-0.4, -0.2) is 56.2 Å². The van der Waals surface area contributed by atoms with Crippen LogP contribution in [0.3, 0.4) is 0 Å². The molecule has 9 heteroatoms. The molecule has 2 unspecified atom stereocenters. The maximum Gasteiger partial charge on any atom is 0.411 e. The summed E-state index contributed by atoms with van der Waals surface area (Å²) in [6.45, 7) is 2.86. The second kappa shape index (κ2) is 12.2. The molecule has 9 nitrogen and oxygen atoms in total. The van der Waals surface area contributed by atoms with E-state index in [2.05, 4.69) is 10.6 Å². The van der Waals surface area contributed by atoms with Crippen LogP contribution in [-0.2, 0) is 20.8 Å². The second-order valence-corrected chi connectivity index (χ2v) is 8.92. The number of aryl methyl sites for hydroxylation is 1. The number of anilines is 1. The zero-order valence-electron chi connectivity index (χ0n) is 21.6. The van der Waals surface area contributed by atoms with Gasteiger partial charge in [-0.1, -0.05) is 54.1 Å². The molecule has 1 fully saturated rings. The van der Waals surface area contributed by atoms with Crippen LogP contribution >= 0.6 is 0 Å². The highest BCUT2D eigenvalue weighted by molar-refractivity contribution is 6.06. The fourth-order valence-electron chi connectivity index (χ4n) is 4.27. The minimum Gasteiger partial charge on any atom is -0.496 e. The molecule has 3 aromatic carbocycles. The number of para-hydroxylation sites is 1. The van der Waals surface area contributed by atoms with Crippen LogP contribution in [0.25, 0.3) is 0 Å². The quantitative estimate of drug-likeness (QED) is 0.393. The number of hydrogen-bond donors (Lipinski definition) is 2. The summed E-state index contributed by atoms with van der Waals surface area (Å²) in [6, 6.07) is 20.7. The number of rotatable bonds is 10. The molecule has 0 radical (unpaired) electrons. The summed E-state index contributed by atoms with van der Waals surface area (Å²) >= 11 is 0. The van der Waals surface area contributed by atoms with Crippen LogP contribution in [0.4, 0.5) is 10.5 Å². The van der Waals surface area contributed by atoms with Gasteiger partial charge in [-0.15, -0.1) is 0 Å². The molecule has 1 aliphatic rings. The Balaban J connectivity index is 1.54. The van der Waals surface area contributed by atoms with Gasteiger partial charge < -0.3 is 24.8 Å². The van der Waals surface area contributed by atoms with Crippen LogP contribution < -0.4 is 15.4 Å². The lowest BCUT2D eigenvalue weighted by atomic mass is 10.00. The summed E-state index contributed by atoms with van der Waals surface area (Å²) in [5, 5.41) is 5.67. The lowest BCUT2D eigenvalue weighted by molar-refractivity contribution is -0.126. The van der Waals surface area contributed by atoms with Crippen molar-refractivity contribution < 1.29 is 28.6 Å². The first-order valence-corrected chi connectivity index (χ1v) is 12.2. The van der Waals surface area contributed by atoms with E-state index < -0.39 is 18.2 Å². The van der Waals surface area contributed by atoms with E-state index in [1.807, 2.05) is 31.2 Å². The van der Waals surface area contributed by atoms with Crippen molar-refractivity contribution in [2.24, 2.45) is 0 Å². The van der Waals surface area contributed by atoms with Gasteiger partial charge >= 0.3 is 6.09 Å². The molecule has 2 N–H and O–H groups in total. The number of methoxy groups -OCH3 is 2. The minimum atomic E-state index is -0.880. The third kappa shape index (κ3) is 6.12. The molecular formula is C29H31N3O6. The Hall–Kier alpha value is -4.37. The number of cyclic esters (lactones) is 1. The molecule has 1 heterocycles. The molecule has 1 aliphatic heterocycles. The van der Waals surface area contributed by atoms with E-state index in [0.29, 0.717) is 35.7 Å². The molecule has 4 rings (SSSR count). The first kappa shape index (κ1) is 26.7. The van der Waals surface area contributed by atoms with Crippen molar-refractivity contribution in [1.82, 2.24) is 10.2 Å². The number of carbonyl (C=O) groups excluding carboxylic acids is 3. The van der Waals surface area contributed by atoms with E-state index in [4.69, 9.17) is 14.2 Å². The van der Waals surface area contributed by atoms with Gasteiger partial charge in [-0.25, -0.2) is 4.79 Å². The summed E-state index contributed by atoms with van der Waals surface area (Å²) in [5.41, 5.74) is 3.57. The van der Waals surface area contributed by atoms with E-state index in [-0.39, 0.29) is 18.4 Å². The molecule has 198 valence electrons. The highest BCUT2D eigenvalue weighted by Crippen LogP contribution is 2.34.